The first kappa shape index (κ1) is 18.5. The van der Waals surface area contributed by atoms with Gasteiger partial charge in [-0.3, -0.25) is 4.68 Å². The minimum Gasteiger partial charge on any atom is -0.353 e. The summed E-state index contributed by atoms with van der Waals surface area (Å²) < 4.78 is 41.6. The largest absolute Gasteiger partial charge is 0.435 e. The van der Waals surface area contributed by atoms with Crippen LogP contribution >= 0.6 is 0 Å². The Morgan fingerprint density at radius 3 is 2.39 bits per heavy atom. The van der Waals surface area contributed by atoms with E-state index in [2.05, 4.69) is 20.4 Å². The number of piperidine rings is 1. The Bertz CT molecular complexity index is 958. The molecule has 1 unspecified atom stereocenters. The lowest BCUT2D eigenvalue weighted by molar-refractivity contribution is -0.141. The Morgan fingerprint density at radius 2 is 1.79 bits per heavy atom. The highest BCUT2D eigenvalue weighted by Crippen LogP contribution is 2.30. The van der Waals surface area contributed by atoms with Crippen LogP contribution in [0, 0.1) is 13.8 Å². The standard InChI is InChI=1S/C18H20F3N7/c1-12-10-13(2)28(24-12)17-6-5-16(22-23-17)26-8-3-4-14(11-26)27-9-7-15(25-27)18(19,20)21/h5-7,9-10,14H,3-4,8,11H2,1-2H3. The molecule has 0 saturated carbocycles. The van der Waals surface area contributed by atoms with E-state index in [4.69, 9.17) is 0 Å². The molecule has 0 amide bonds. The van der Waals surface area contributed by atoms with E-state index in [-0.39, 0.29) is 6.04 Å². The van der Waals surface area contributed by atoms with Gasteiger partial charge in [-0.05, 0) is 51.0 Å². The predicted octanol–water partition coefficient (Wildman–Crippen LogP) is 3.34. The third kappa shape index (κ3) is 3.58. The summed E-state index contributed by atoms with van der Waals surface area (Å²) in [6.45, 7) is 5.17. The van der Waals surface area contributed by atoms with Crippen molar-refractivity contribution >= 4 is 5.82 Å². The molecule has 0 radical (unpaired) electrons. The SMILES string of the molecule is Cc1cc(C)n(-c2ccc(N3CCCC(n4ccc(C(F)(F)F)n4)C3)nn2)n1. The van der Waals surface area contributed by atoms with Crippen LogP contribution in [0.25, 0.3) is 5.82 Å². The van der Waals surface area contributed by atoms with Crippen LogP contribution in [0.15, 0.2) is 30.5 Å². The summed E-state index contributed by atoms with van der Waals surface area (Å²) in [5.74, 6) is 1.32. The average Bonchev–Trinajstić information content (AvgIpc) is 3.29. The molecule has 1 saturated heterocycles. The summed E-state index contributed by atoms with van der Waals surface area (Å²) in [5.41, 5.74) is 1.01. The second kappa shape index (κ2) is 6.92. The molecule has 0 aliphatic carbocycles. The van der Waals surface area contributed by atoms with Crippen molar-refractivity contribution in [2.24, 2.45) is 0 Å². The van der Waals surface area contributed by atoms with Gasteiger partial charge in [0, 0.05) is 25.0 Å². The molecule has 0 bridgehead atoms. The molecule has 148 valence electrons. The van der Waals surface area contributed by atoms with Crippen molar-refractivity contribution in [3.8, 4) is 5.82 Å². The van der Waals surface area contributed by atoms with E-state index in [0.717, 1.165) is 36.8 Å². The molecule has 0 spiro atoms. The van der Waals surface area contributed by atoms with E-state index in [1.54, 1.807) is 4.68 Å². The topological polar surface area (TPSA) is 64.7 Å². The van der Waals surface area contributed by atoms with Crippen molar-refractivity contribution in [2.45, 2.75) is 38.9 Å². The Hall–Kier alpha value is -2.91. The number of hydrogen-bond donors (Lipinski definition) is 0. The summed E-state index contributed by atoms with van der Waals surface area (Å²) in [4.78, 5) is 2.03. The van der Waals surface area contributed by atoms with Crippen LogP contribution in [-0.2, 0) is 6.18 Å². The lowest BCUT2D eigenvalue weighted by Crippen LogP contribution is -2.37. The van der Waals surface area contributed by atoms with Crippen LogP contribution < -0.4 is 4.90 Å². The molecule has 1 fully saturated rings. The molecule has 0 aromatic carbocycles. The molecule has 1 atom stereocenters. The van der Waals surface area contributed by atoms with Gasteiger partial charge < -0.3 is 4.90 Å². The van der Waals surface area contributed by atoms with Gasteiger partial charge in [-0.25, -0.2) is 4.68 Å². The van der Waals surface area contributed by atoms with Gasteiger partial charge >= 0.3 is 6.18 Å². The molecule has 10 heteroatoms. The Labute approximate surface area is 159 Å². The maximum Gasteiger partial charge on any atom is 0.435 e. The second-order valence-electron chi connectivity index (χ2n) is 7.01. The first-order chi connectivity index (χ1) is 13.3. The van der Waals surface area contributed by atoms with E-state index >= 15 is 0 Å². The fraction of sp³-hybridized carbons (Fsp3) is 0.444. The van der Waals surface area contributed by atoms with Crippen LogP contribution in [0.3, 0.4) is 0 Å². The molecule has 3 aromatic heterocycles. The van der Waals surface area contributed by atoms with Gasteiger partial charge in [0.05, 0.1) is 11.7 Å². The van der Waals surface area contributed by atoms with E-state index < -0.39 is 11.9 Å². The van der Waals surface area contributed by atoms with Crippen LogP contribution in [0.1, 0.15) is 36.0 Å². The monoisotopic (exact) mass is 391 g/mol. The first-order valence-electron chi connectivity index (χ1n) is 9.06. The van der Waals surface area contributed by atoms with Crippen LogP contribution in [-0.4, -0.2) is 42.8 Å². The maximum atomic E-state index is 12.8. The smallest absolute Gasteiger partial charge is 0.353 e. The van der Waals surface area contributed by atoms with E-state index in [9.17, 15) is 13.2 Å². The van der Waals surface area contributed by atoms with E-state index in [1.165, 1.54) is 10.9 Å². The van der Waals surface area contributed by atoms with Crippen LogP contribution in [0.4, 0.5) is 19.0 Å². The number of halogens is 3. The minimum absolute atomic E-state index is 0.137. The average molecular weight is 391 g/mol. The first-order valence-corrected chi connectivity index (χ1v) is 9.06. The number of alkyl halides is 3. The fourth-order valence-electron chi connectivity index (χ4n) is 3.53. The summed E-state index contributed by atoms with van der Waals surface area (Å²) in [7, 11) is 0. The molecule has 1 aliphatic rings. The number of hydrogen-bond acceptors (Lipinski definition) is 5. The molecular formula is C18H20F3N7. The lowest BCUT2D eigenvalue weighted by Gasteiger charge is -2.33. The van der Waals surface area contributed by atoms with Gasteiger partial charge in [0.25, 0.3) is 0 Å². The lowest BCUT2D eigenvalue weighted by atomic mass is 10.1. The van der Waals surface area contributed by atoms with Gasteiger partial charge in [-0.1, -0.05) is 0 Å². The van der Waals surface area contributed by atoms with E-state index in [1.807, 2.05) is 36.9 Å². The third-order valence-electron chi connectivity index (χ3n) is 4.86. The van der Waals surface area contributed by atoms with Gasteiger partial charge in [0.15, 0.2) is 17.3 Å². The highest BCUT2D eigenvalue weighted by molar-refractivity contribution is 5.40. The molecule has 0 N–H and O–H groups in total. The van der Waals surface area contributed by atoms with Crippen molar-refractivity contribution < 1.29 is 13.2 Å². The van der Waals surface area contributed by atoms with Crippen LogP contribution in [0.2, 0.25) is 0 Å². The predicted molar refractivity (Wildman–Crippen MR) is 96.3 cm³/mol. The molecule has 28 heavy (non-hydrogen) atoms. The summed E-state index contributed by atoms with van der Waals surface area (Å²) in [6.07, 6.45) is -1.42. The summed E-state index contributed by atoms with van der Waals surface area (Å²) in [6, 6.07) is 6.56. The van der Waals surface area contributed by atoms with Gasteiger partial charge in [0.2, 0.25) is 0 Å². The van der Waals surface area contributed by atoms with Crippen molar-refractivity contribution in [2.75, 3.05) is 18.0 Å². The zero-order chi connectivity index (χ0) is 19.9. The highest BCUT2D eigenvalue weighted by Gasteiger charge is 2.34. The number of nitrogens with zero attached hydrogens (tertiary/aromatic N) is 7. The quantitative estimate of drug-likeness (QED) is 0.685. The summed E-state index contributed by atoms with van der Waals surface area (Å²) >= 11 is 0. The molecule has 7 nitrogen and oxygen atoms in total. The molecule has 3 aromatic rings. The van der Waals surface area contributed by atoms with Gasteiger partial charge in [-0.2, -0.15) is 23.4 Å². The van der Waals surface area contributed by atoms with Gasteiger partial charge in [0.1, 0.15) is 0 Å². The van der Waals surface area contributed by atoms with Crippen molar-refractivity contribution in [3.05, 3.63) is 47.5 Å². The van der Waals surface area contributed by atoms with Crippen LogP contribution in [0.5, 0.6) is 0 Å². The normalized spacial score (nSPS) is 17.9. The fourth-order valence-corrected chi connectivity index (χ4v) is 3.53. The Kier molecular flexibility index (Phi) is 4.56. The van der Waals surface area contributed by atoms with Gasteiger partial charge in [-0.15, -0.1) is 10.2 Å². The second-order valence-corrected chi connectivity index (χ2v) is 7.01. The number of anilines is 1. The zero-order valence-corrected chi connectivity index (χ0v) is 15.6. The van der Waals surface area contributed by atoms with Crippen molar-refractivity contribution in [3.63, 3.8) is 0 Å². The third-order valence-corrected chi connectivity index (χ3v) is 4.86. The maximum absolute atomic E-state index is 12.8. The van der Waals surface area contributed by atoms with Crippen molar-refractivity contribution in [1.82, 2.24) is 29.8 Å². The highest BCUT2D eigenvalue weighted by atomic mass is 19.4. The Morgan fingerprint density at radius 1 is 1.04 bits per heavy atom. The van der Waals surface area contributed by atoms with E-state index in [0.29, 0.717) is 18.2 Å². The Balaban J connectivity index is 1.50. The summed E-state index contributed by atoms with van der Waals surface area (Å²) in [5, 5.41) is 16.7. The molecular weight excluding hydrogens is 371 g/mol. The van der Waals surface area contributed by atoms with Crippen molar-refractivity contribution in [1.29, 1.82) is 0 Å². The molecule has 4 rings (SSSR count). The molecule has 1 aliphatic heterocycles. The zero-order valence-electron chi connectivity index (χ0n) is 15.6. The number of aromatic nitrogens is 6. The molecule has 4 heterocycles. The minimum atomic E-state index is -4.43. The number of aryl methyl sites for hydroxylation is 2. The number of rotatable bonds is 3.